The molecule has 86 valence electrons. The minimum atomic E-state index is -0.250. The first-order chi connectivity index (χ1) is 7.24. The maximum atomic E-state index is 11.2. The van der Waals surface area contributed by atoms with Gasteiger partial charge in [-0.3, -0.25) is 4.79 Å². The number of esters is 1. The van der Waals surface area contributed by atoms with Crippen LogP contribution in [0.3, 0.4) is 0 Å². The maximum absolute atomic E-state index is 11.2. The van der Waals surface area contributed by atoms with Crippen molar-refractivity contribution >= 4 is 5.97 Å². The standard InChI is InChI=1S/C10H19N3O2/c1-3-5-7-9(8-12-13-11)15-10(14)6-4-2/h9H,3-8H2,1-2H3. The SMILES string of the molecule is CCCCC(CN=[N+]=[N-])OC(=O)CCC. The van der Waals surface area contributed by atoms with Gasteiger partial charge in [0.15, 0.2) is 0 Å². The van der Waals surface area contributed by atoms with E-state index in [1.165, 1.54) is 0 Å². The molecule has 0 N–H and O–H groups in total. The molecule has 0 aliphatic carbocycles. The highest BCUT2D eigenvalue weighted by atomic mass is 16.5. The molecular weight excluding hydrogens is 194 g/mol. The van der Waals surface area contributed by atoms with Crippen LogP contribution in [0.4, 0.5) is 0 Å². The number of carbonyl (C=O) groups is 1. The van der Waals surface area contributed by atoms with Gasteiger partial charge in [0.25, 0.3) is 0 Å². The minimum absolute atomic E-state index is 0.202. The van der Waals surface area contributed by atoms with Gasteiger partial charge >= 0.3 is 5.97 Å². The smallest absolute Gasteiger partial charge is 0.306 e. The second-order valence-corrected chi connectivity index (χ2v) is 3.42. The first kappa shape index (κ1) is 13.8. The average molecular weight is 213 g/mol. The van der Waals surface area contributed by atoms with E-state index in [-0.39, 0.29) is 18.6 Å². The monoisotopic (exact) mass is 213 g/mol. The van der Waals surface area contributed by atoms with Crippen molar-refractivity contribution in [1.82, 2.24) is 0 Å². The van der Waals surface area contributed by atoms with Gasteiger partial charge in [0.05, 0.1) is 6.54 Å². The summed E-state index contributed by atoms with van der Waals surface area (Å²) in [6.07, 6.45) is 3.74. The van der Waals surface area contributed by atoms with E-state index in [4.69, 9.17) is 10.3 Å². The Morgan fingerprint density at radius 2 is 2.20 bits per heavy atom. The van der Waals surface area contributed by atoms with E-state index in [1.807, 2.05) is 6.92 Å². The van der Waals surface area contributed by atoms with E-state index in [9.17, 15) is 4.79 Å². The highest BCUT2D eigenvalue weighted by Crippen LogP contribution is 2.07. The molecule has 0 saturated heterocycles. The average Bonchev–Trinajstić information content (AvgIpc) is 2.22. The predicted octanol–water partition coefficient (Wildman–Crippen LogP) is 3.20. The van der Waals surface area contributed by atoms with Gasteiger partial charge in [0.1, 0.15) is 6.10 Å². The van der Waals surface area contributed by atoms with E-state index >= 15 is 0 Å². The second-order valence-electron chi connectivity index (χ2n) is 3.42. The summed E-state index contributed by atoms with van der Waals surface area (Å²) in [5.41, 5.74) is 8.20. The quantitative estimate of drug-likeness (QED) is 0.269. The molecule has 1 atom stereocenters. The molecule has 5 nitrogen and oxygen atoms in total. The zero-order valence-electron chi connectivity index (χ0n) is 9.48. The molecule has 0 rings (SSSR count). The molecule has 0 aromatic heterocycles. The topological polar surface area (TPSA) is 75.1 Å². The van der Waals surface area contributed by atoms with Crippen LogP contribution in [-0.2, 0) is 9.53 Å². The number of carbonyl (C=O) groups excluding carboxylic acids is 1. The van der Waals surface area contributed by atoms with E-state index < -0.39 is 0 Å². The first-order valence-corrected chi connectivity index (χ1v) is 5.44. The van der Waals surface area contributed by atoms with Gasteiger partial charge in [0.2, 0.25) is 0 Å². The van der Waals surface area contributed by atoms with E-state index in [2.05, 4.69) is 16.9 Å². The molecule has 0 aromatic rings. The molecule has 15 heavy (non-hydrogen) atoms. The third-order valence-electron chi connectivity index (χ3n) is 1.98. The van der Waals surface area contributed by atoms with Crippen LogP contribution in [0, 0.1) is 0 Å². The highest BCUT2D eigenvalue weighted by Gasteiger charge is 2.12. The molecule has 0 heterocycles. The predicted molar refractivity (Wildman–Crippen MR) is 58.3 cm³/mol. The highest BCUT2D eigenvalue weighted by molar-refractivity contribution is 5.69. The maximum Gasteiger partial charge on any atom is 0.306 e. The molecule has 1 unspecified atom stereocenters. The summed E-state index contributed by atoms with van der Waals surface area (Å²) in [6.45, 7) is 4.24. The van der Waals surface area contributed by atoms with Gasteiger partial charge in [-0.15, -0.1) is 0 Å². The fourth-order valence-electron chi connectivity index (χ4n) is 1.20. The van der Waals surface area contributed by atoms with Gasteiger partial charge < -0.3 is 4.74 Å². The molecule has 0 saturated carbocycles. The van der Waals surface area contributed by atoms with Crippen molar-refractivity contribution in [2.75, 3.05) is 6.54 Å². The molecule has 5 heteroatoms. The van der Waals surface area contributed by atoms with Crippen molar-refractivity contribution in [3.63, 3.8) is 0 Å². The Balaban J connectivity index is 3.98. The van der Waals surface area contributed by atoms with Gasteiger partial charge in [0, 0.05) is 11.3 Å². The summed E-state index contributed by atoms with van der Waals surface area (Å²) in [4.78, 5) is 13.9. The van der Waals surface area contributed by atoms with Crippen LogP contribution >= 0.6 is 0 Å². The van der Waals surface area contributed by atoms with Gasteiger partial charge in [-0.1, -0.05) is 31.8 Å². The molecule has 0 radical (unpaired) electrons. The third kappa shape index (κ3) is 7.82. The Bertz CT molecular complexity index is 225. The molecule has 0 amide bonds. The molecule has 0 fully saturated rings. The third-order valence-corrected chi connectivity index (χ3v) is 1.98. The molecule has 0 bridgehead atoms. The summed E-state index contributed by atoms with van der Waals surface area (Å²) in [6, 6.07) is 0. The van der Waals surface area contributed by atoms with E-state index in [1.54, 1.807) is 0 Å². The van der Waals surface area contributed by atoms with Gasteiger partial charge in [-0.25, -0.2) is 0 Å². The normalized spacial score (nSPS) is 11.6. The van der Waals surface area contributed by atoms with E-state index in [0.717, 1.165) is 25.7 Å². The van der Waals surface area contributed by atoms with Crippen LogP contribution in [0.25, 0.3) is 10.4 Å². The zero-order valence-corrected chi connectivity index (χ0v) is 9.48. The number of ether oxygens (including phenoxy) is 1. The fourth-order valence-corrected chi connectivity index (χ4v) is 1.20. The molecule has 0 aliphatic heterocycles. The summed E-state index contributed by atoms with van der Waals surface area (Å²) in [5.74, 6) is -0.202. The van der Waals surface area contributed by atoms with Crippen LogP contribution < -0.4 is 0 Å². The summed E-state index contributed by atoms with van der Waals surface area (Å²) in [7, 11) is 0. The summed E-state index contributed by atoms with van der Waals surface area (Å²) >= 11 is 0. The van der Waals surface area contributed by atoms with Crippen molar-refractivity contribution in [2.24, 2.45) is 5.11 Å². The lowest BCUT2D eigenvalue weighted by molar-refractivity contribution is -0.149. The molecule has 0 aromatic carbocycles. The number of unbranched alkanes of at least 4 members (excludes halogenated alkanes) is 1. The Hall–Kier alpha value is -1.22. The van der Waals surface area contributed by atoms with Crippen molar-refractivity contribution in [3.05, 3.63) is 10.4 Å². The Morgan fingerprint density at radius 3 is 2.73 bits per heavy atom. The Kier molecular flexibility index (Phi) is 8.58. The van der Waals surface area contributed by atoms with Gasteiger partial charge in [-0.05, 0) is 18.4 Å². The number of hydrogen-bond acceptors (Lipinski definition) is 3. The zero-order chi connectivity index (χ0) is 11.5. The number of hydrogen-bond donors (Lipinski definition) is 0. The largest absolute Gasteiger partial charge is 0.462 e. The Labute approximate surface area is 90.4 Å². The minimum Gasteiger partial charge on any atom is -0.462 e. The lowest BCUT2D eigenvalue weighted by Gasteiger charge is -2.15. The van der Waals surface area contributed by atoms with E-state index in [0.29, 0.717) is 6.42 Å². The van der Waals surface area contributed by atoms with Crippen LogP contribution in [0.15, 0.2) is 5.11 Å². The molecule has 0 aliphatic rings. The van der Waals surface area contributed by atoms with Crippen LogP contribution in [-0.4, -0.2) is 18.6 Å². The molecule has 0 spiro atoms. The van der Waals surface area contributed by atoms with Crippen LogP contribution in [0.2, 0.25) is 0 Å². The van der Waals surface area contributed by atoms with Crippen molar-refractivity contribution in [2.45, 2.75) is 52.1 Å². The fraction of sp³-hybridized carbons (Fsp3) is 0.900. The van der Waals surface area contributed by atoms with Crippen LogP contribution in [0.1, 0.15) is 46.0 Å². The number of azide groups is 1. The second kappa shape index (κ2) is 9.34. The lowest BCUT2D eigenvalue weighted by atomic mass is 10.1. The number of nitrogens with zero attached hydrogens (tertiary/aromatic N) is 3. The lowest BCUT2D eigenvalue weighted by Crippen LogP contribution is -2.20. The summed E-state index contributed by atoms with van der Waals surface area (Å²) in [5, 5.41) is 3.44. The Morgan fingerprint density at radius 1 is 1.47 bits per heavy atom. The molecular formula is C10H19N3O2. The van der Waals surface area contributed by atoms with Gasteiger partial charge in [-0.2, -0.15) is 0 Å². The van der Waals surface area contributed by atoms with Crippen LogP contribution in [0.5, 0.6) is 0 Å². The van der Waals surface area contributed by atoms with Crippen molar-refractivity contribution in [1.29, 1.82) is 0 Å². The summed E-state index contributed by atoms with van der Waals surface area (Å²) < 4.78 is 5.19. The number of rotatable bonds is 8. The first-order valence-electron chi connectivity index (χ1n) is 5.44. The van der Waals surface area contributed by atoms with Crippen molar-refractivity contribution in [3.8, 4) is 0 Å². The van der Waals surface area contributed by atoms with Crippen molar-refractivity contribution < 1.29 is 9.53 Å².